The van der Waals surface area contributed by atoms with E-state index < -0.39 is 0 Å². The number of nitrogens with two attached hydrogens (primary N) is 2. The highest BCUT2D eigenvalue weighted by Gasteiger charge is 2.00. The van der Waals surface area contributed by atoms with Crippen LogP contribution in [0.2, 0.25) is 0 Å². The molecule has 0 saturated carbocycles. The lowest BCUT2D eigenvalue weighted by Gasteiger charge is -2.05. The Bertz CT molecular complexity index is 141. The van der Waals surface area contributed by atoms with Gasteiger partial charge < -0.3 is 11.5 Å². The van der Waals surface area contributed by atoms with Gasteiger partial charge in [-0.15, -0.1) is 12.8 Å². The Morgan fingerprint density at radius 1 is 1.00 bits per heavy atom. The molecule has 0 heterocycles. The molecule has 0 spiro atoms. The van der Waals surface area contributed by atoms with E-state index in [9.17, 15) is 0 Å². The summed E-state index contributed by atoms with van der Waals surface area (Å²) in [6, 6.07) is -0.418. The number of hydrogen-bond donors (Lipinski definition) is 2. The summed E-state index contributed by atoms with van der Waals surface area (Å²) in [6.07, 6.45) is 11.5. The van der Waals surface area contributed by atoms with E-state index in [1.807, 2.05) is 0 Å². The Labute approximate surface area is 62.0 Å². The maximum absolute atomic E-state index is 5.42. The first-order chi connectivity index (χ1) is 4.70. The van der Waals surface area contributed by atoms with Gasteiger partial charge in [-0.05, 0) is 12.8 Å². The van der Waals surface area contributed by atoms with Crippen LogP contribution in [0.25, 0.3) is 0 Å². The van der Waals surface area contributed by atoms with Crippen LogP contribution in [0.5, 0.6) is 0 Å². The van der Waals surface area contributed by atoms with E-state index >= 15 is 0 Å². The highest BCUT2D eigenvalue weighted by Crippen LogP contribution is 1.95. The summed E-state index contributed by atoms with van der Waals surface area (Å²) in [5.41, 5.74) is 10.8. The van der Waals surface area contributed by atoms with E-state index in [4.69, 9.17) is 24.3 Å². The smallest absolute Gasteiger partial charge is 0.0662 e. The Balaban J connectivity index is 3.40. The SMILES string of the molecule is C#CC(N)CCC(N)C#C. The first-order valence-corrected chi connectivity index (χ1v) is 3.14. The molecule has 0 fully saturated rings. The fraction of sp³-hybridized carbons (Fsp3) is 0.500. The molecular weight excluding hydrogens is 124 g/mol. The quantitative estimate of drug-likeness (QED) is 0.523. The maximum Gasteiger partial charge on any atom is 0.0662 e. The fourth-order valence-corrected chi connectivity index (χ4v) is 0.526. The van der Waals surface area contributed by atoms with E-state index in [2.05, 4.69) is 11.8 Å². The van der Waals surface area contributed by atoms with Crippen LogP contribution in [0.1, 0.15) is 12.8 Å². The lowest BCUT2D eigenvalue weighted by atomic mass is 10.1. The summed E-state index contributed by atoms with van der Waals surface area (Å²) >= 11 is 0. The topological polar surface area (TPSA) is 52.0 Å². The monoisotopic (exact) mass is 136 g/mol. The van der Waals surface area contributed by atoms with Gasteiger partial charge in [0.2, 0.25) is 0 Å². The summed E-state index contributed by atoms with van der Waals surface area (Å²) < 4.78 is 0. The summed E-state index contributed by atoms with van der Waals surface area (Å²) in [7, 11) is 0. The molecule has 2 nitrogen and oxygen atoms in total. The normalized spacial score (nSPS) is 14.8. The zero-order valence-corrected chi connectivity index (χ0v) is 5.88. The Kier molecular flexibility index (Phi) is 4.41. The average Bonchev–Trinajstić information content (AvgIpc) is 1.99. The van der Waals surface area contributed by atoms with Crippen molar-refractivity contribution in [2.45, 2.75) is 24.9 Å². The van der Waals surface area contributed by atoms with E-state index in [1.165, 1.54) is 0 Å². The van der Waals surface area contributed by atoms with Gasteiger partial charge in [0.25, 0.3) is 0 Å². The van der Waals surface area contributed by atoms with Crippen LogP contribution in [0, 0.1) is 24.7 Å². The lowest BCUT2D eigenvalue weighted by Crippen LogP contribution is -2.23. The minimum Gasteiger partial charge on any atom is -0.318 e. The standard InChI is InChI=1S/C8H12N2/c1-3-7(9)5-6-8(10)4-2/h1-2,7-8H,5-6,9-10H2. The van der Waals surface area contributed by atoms with Crippen LogP contribution in [-0.2, 0) is 0 Å². The average molecular weight is 136 g/mol. The first-order valence-electron chi connectivity index (χ1n) is 3.14. The second-order valence-electron chi connectivity index (χ2n) is 2.12. The maximum atomic E-state index is 5.42. The molecule has 0 saturated heterocycles. The zero-order valence-electron chi connectivity index (χ0n) is 5.88. The summed E-state index contributed by atoms with van der Waals surface area (Å²) in [6.45, 7) is 0. The summed E-state index contributed by atoms with van der Waals surface area (Å²) in [4.78, 5) is 0. The van der Waals surface area contributed by atoms with E-state index in [0.29, 0.717) is 12.8 Å². The van der Waals surface area contributed by atoms with Gasteiger partial charge in [0.1, 0.15) is 0 Å². The Hall–Kier alpha value is -0.960. The molecule has 0 aliphatic rings. The second-order valence-corrected chi connectivity index (χ2v) is 2.12. The second kappa shape index (κ2) is 4.88. The van der Waals surface area contributed by atoms with Crippen molar-refractivity contribution in [3.63, 3.8) is 0 Å². The van der Waals surface area contributed by atoms with Gasteiger partial charge in [-0.2, -0.15) is 0 Å². The largest absolute Gasteiger partial charge is 0.318 e. The molecule has 0 bridgehead atoms. The molecule has 2 atom stereocenters. The van der Waals surface area contributed by atoms with Gasteiger partial charge in [0, 0.05) is 0 Å². The molecule has 0 radical (unpaired) electrons. The van der Waals surface area contributed by atoms with Crippen molar-refractivity contribution in [3.05, 3.63) is 0 Å². The van der Waals surface area contributed by atoms with Crippen LogP contribution >= 0.6 is 0 Å². The Morgan fingerprint density at radius 2 is 1.30 bits per heavy atom. The number of terminal acetylenes is 2. The number of rotatable bonds is 3. The van der Waals surface area contributed by atoms with Crippen molar-refractivity contribution in [1.82, 2.24) is 0 Å². The van der Waals surface area contributed by atoms with Gasteiger partial charge in [-0.1, -0.05) is 11.8 Å². The van der Waals surface area contributed by atoms with Crippen molar-refractivity contribution < 1.29 is 0 Å². The van der Waals surface area contributed by atoms with Crippen molar-refractivity contribution in [3.8, 4) is 24.7 Å². The van der Waals surface area contributed by atoms with Crippen LogP contribution in [-0.4, -0.2) is 12.1 Å². The summed E-state index contributed by atoms with van der Waals surface area (Å²) in [5.74, 6) is 4.80. The van der Waals surface area contributed by atoms with Gasteiger partial charge in [-0.3, -0.25) is 0 Å². The van der Waals surface area contributed by atoms with E-state index in [0.717, 1.165) is 0 Å². The molecule has 2 unspecified atom stereocenters. The van der Waals surface area contributed by atoms with Gasteiger partial charge in [0.15, 0.2) is 0 Å². The molecule has 0 aromatic rings. The predicted molar refractivity (Wildman–Crippen MR) is 42.9 cm³/mol. The molecule has 0 aromatic heterocycles. The highest BCUT2D eigenvalue weighted by atomic mass is 14.6. The Morgan fingerprint density at radius 3 is 1.50 bits per heavy atom. The van der Waals surface area contributed by atoms with Crippen LogP contribution < -0.4 is 11.5 Å². The third kappa shape index (κ3) is 3.97. The van der Waals surface area contributed by atoms with Gasteiger partial charge in [-0.25, -0.2) is 0 Å². The predicted octanol–water partition coefficient (Wildman–Crippen LogP) is -0.312. The third-order valence-electron chi connectivity index (χ3n) is 1.22. The molecule has 0 aliphatic carbocycles. The molecule has 2 heteroatoms. The van der Waals surface area contributed by atoms with Crippen molar-refractivity contribution in [2.24, 2.45) is 11.5 Å². The van der Waals surface area contributed by atoms with Crippen LogP contribution in [0.3, 0.4) is 0 Å². The molecule has 4 N–H and O–H groups in total. The lowest BCUT2D eigenvalue weighted by molar-refractivity contribution is 0.640. The van der Waals surface area contributed by atoms with Gasteiger partial charge >= 0.3 is 0 Å². The third-order valence-corrected chi connectivity index (χ3v) is 1.22. The zero-order chi connectivity index (χ0) is 7.98. The van der Waals surface area contributed by atoms with Crippen LogP contribution in [0.4, 0.5) is 0 Å². The fourth-order valence-electron chi connectivity index (χ4n) is 0.526. The van der Waals surface area contributed by atoms with Crippen molar-refractivity contribution in [1.29, 1.82) is 0 Å². The minimum atomic E-state index is -0.209. The highest BCUT2D eigenvalue weighted by molar-refractivity contribution is 5.00. The molecule has 0 aromatic carbocycles. The molecule has 10 heavy (non-hydrogen) atoms. The molecule has 0 amide bonds. The van der Waals surface area contributed by atoms with Crippen molar-refractivity contribution >= 4 is 0 Å². The molecule has 0 rings (SSSR count). The first kappa shape index (κ1) is 9.04. The van der Waals surface area contributed by atoms with Gasteiger partial charge in [0.05, 0.1) is 12.1 Å². The number of hydrogen-bond acceptors (Lipinski definition) is 2. The van der Waals surface area contributed by atoms with Crippen LogP contribution in [0.15, 0.2) is 0 Å². The summed E-state index contributed by atoms with van der Waals surface area (Å²) in [5, 5.41) is 0. The minimum absolute atomic E-state index is 0.209. The van der Waals surface area contributed by atoms with E-state index in [-0.39, 0.29) is 12.1 Å². The molecule has 0 aliphatic heterocycles. The molecular formula is C8H12N2. The molecule has 54 valence electrons. The van der Waals surface area contributed by atoms with Crippen molar-refractivity contribution in [2.75, 3.05) is 0 Å². The van der Waals surface area contributed by atoms with E-state index in [1.54, 1.807) is 0 Å².